The highest BCUT2D eigenvalue weighted by atomic mass is 16.5. The molecule has 1 atom stereocenters. The van der Waals surface area contributed by atoms with Crippen molar-refractivity contribution in [1.82, 2.24) is 4.98 Å². The molecule has 3 saturated carbocycles. The average Bonchev–Trinajstić information content (AvgIpc) is 3.38. The van der Waals surface area contributed by atoms with E-state index in [1.807, 2.05) is 18.3 Å². The Balaban J connectivity index is 1.18. The summed E-state index contributed by atoms with van der Waals surface area (Å²) in [5.41, 5.74) is 1.30. The molecular formula is C23H33N3O2. The van der Waals surface area contributed by atoms with Crippen molar-refractivity contribution in [2.45, 2.75) is 70.3 Å². The second-order valence-electron chi connectivity index (χ2n) is 9.92. The van der Waals surface area contributed by atoms with Crippen LogP contribution < -0.4 is 10.2 Å². The van der Waals surface area contributed by atoms with Crippen LogP contribution in [0.5, 0.6) is 0 Å². The SMILES string of the molecule is CC1(C(CC(=O)Nc2ccc(N3CCOC4(CCC4)C3)nc2)C2CCC2)CC1. The highest BCUT2D eigenvalue weighted by molar-refractivity contribution is 5.90. The second-order valence-corrected chi connectivity index (χ2v) is 9.92. The first-order valence-electron chi connectivity index (χ1n) is 11.2. The fourth-order valence-corrected chi connectivity index (χ4v) is 5.37. The molecule has 1 N–H and O–H groups in total. The van der Waals surface area contributed by atoms with Crippen LogP contribution in [0.15, 0.2) is 18.3 Å². The quantitative estimate of drug-likeness (QED) is 0.792. The normalized spacial score (nSPS) is 26.2. The minimum atomic E-state index is 0.0717. The van der Waals surface area contributed by atoms with Gasteiger partial charge in [-0.2, -0.15) is 0 Å². The summed E-state index contributed by atoms with van der Waals surface area (Å²) in [7, 11) is 0. The molecule has 152 valence electrons. The van der Waals surface area contributed by atoms with Crippen molar-refractivity contribution in [3.63, 3.8) is 0 Å². The Hall–Kier alpha value is -1.62. The maximum absolute atomic E-state index is 12.7. The van der Waals surface area contributed by atoms with E-state index in [2.05, 4.69) is 22.1 Å². The van der Waals surface area contributed by atoms with Gasteiger partial charge in [0.05, 0.1) is 24.1 Å². The molecule has 1 spiro atoms. The smallest absolute Gasteiger partial charge is 0.224 e. The van der Waals surface area contributed by atoms with E-state index in [0.29, 0.717) is 17.8 Å². The number of hydrogen-bond acceptors (Lipinski definition) is 4. The topological polar surface area (TPSA) is 54.5 Å². The Bertz CT molecular complexity index is 720. The summed E-state index contributed by atoms with van der Waals surface area (Å²) >= 11 is 0. The van der Waals surface area contributed by atoms with Crippen LogP contribution in [0, 0.1) is 17.3 Å². The van der Waals surface area contributed by atoms with Gasteiger partial charge in [-0.1, -0.05) is 26.2 Å². The minimum absolute atomic E-state index is 0.0717. The minimum Gasteiger partial charge on any atom is -0.371 e. The molecule has 2 heterocycles. The van der Waals surface area contributed by atoms with E-state index < -0.39 is 0 Å². The van der Waals surface area contributed by atoms with E-state index in [1.54, 1.807) is 0 Å². The summed E-state index contributed by atoms with van der Waals surface area (Å²) in [5.74, 6) is 2.46. The zero-order chi connectivity index (χ0) is 19.2. The standard InChI is InChI=1S/C23H33N3O2/c1-22(10-11-22)19(17-4-2-5-17)14-21(27)25-18-6-7-20(24-15-18)26-12-13-28-23(16-26)8-3-9-23/h6-7,15,17,19H,2-5,8-14,16H2,1H3,(H,25,27). The molecule has 0 aromatic carbocycles. The van der Waals surface area contributed by atoms with E-state index in [-0.39, 0.29) is 11.5 Å². The molecule has 5 rings (SSSR count). The van der Waals surface area contributed by atoms with Crippen LogP contribution in [0.1, 0.15) is 64.7 Å². The van der Waals surface area contributed by atoms with Crippen LogP contribution in [0.2, 0.25) is 0 Å². The fraction of sp³-hybridized carbons (Fsp3) is 0.739. The maximum atomic E-state index is 12.7. The zero-order valence-corrected chi connectivity index (χ0v) is 17.1. The Labute approximate surface area is 168 Å². The Morgan fingerprint density at radius 3 is 2.68 bits per heavy atom. The van der Waals surface area contributed by atoms with Crippen molar-refractivity contribution < 1.29 is 9.53 Å². The molecule has 5 nitrogen and oxygen atoms in total. The monoisotopic (exact) mass is 383 g/mol. The van der Waals surface area contributed by atoms with Gasteiger partial charge in [0.25, 0.3) is 0 Å². The molecule has 1 amide bonds. The third-order valence-corrected chi connectivity index (χ3v) is 7.93. The molecule has 1 unspecified atom stereocenters. The van der Waals surface area contributed by atoms with Crippen molar-refractivity contribution in [2.24, 2.45) is 17.3 Å². The molecule has 0 bridgehead atoms. The van der Waals surface area contributed by atoms with Crippen molar-refractivity contribution in [3.8, 4) is 0 Å². The van der Waals surface area contributed by atoms with Crippen LogP contribution in [-0.4, -0.2) is 36.2 Å². The van der Waals surface area contributed by atoms with Crippen LogP contribution in [-0.2, 0) is 9.53 Å². The van der Waals surface area contributed by atoms with Crippen LogP contribution in [0.4, 0.5) is 11.5 Å². The maximum Gasteiger partial charge on any atom is 0.224 e. The van der Waals surface area contributed by atoms with Crippen molar-refractivity contribution in [1.29, 1.82) is 0 Å². The second kappa shape index (κ2) is 7.01. The molecule has 1 aromatic rings. The molecule has 4 fully saturated rings. The summed E-state index contributed by atoms with van der Waals surface area (Å²) < 4.78 is 6.01. The Morgan fingerprint density at radius 1 is 1.29 bits per heavy atom. The molecular weight excluding hydrogens is 350 g/mol. The van der Waals surface area contributed by atoms with Gasteiger partial charge >= 0.3 is 0 Å². The summed E-state index contributed by atoms with van der Waals surface area (Å²) in [6.07, 6.45) is 12.6. The summed E-state index contributed by atoms with van der Waals surface area (Å²) in [6.45, 7) is 4.98. The van der Waals surface area contributed by atoms with Gasteiger partial charge in [0, 0.05) is 19.5 Å². The molecule has 1 saturated heterocycles. The number of amides is 1. The van der Waals surface area contributed by atoms with E-state index in [9.17, 15) is 4.79 Å². The average molecular weight is 384 g/mol. The largest absolute Gasteiger partial charge is 0.371 e. The number of hydrogen-bond donors (Lipinski definition) is 1. The molecule has 5 heteroatoms. The summed E-state index contributed by atoms with van der Waals surface area (Å²) in [4.78, 5) is 19.7. The Kier molecular flexibility index (Phi) is 4.61. The van der Waals surface area contributed by atoms with Crippen LogP contribution in [0.3, 0.4) is 0 Å². The third-order valence-electron chi connectivity index (χ3n) is 7.93. The van der Waals surface area contributed by atoms with Gasteiger partial charge in [0.1, 0.15) is 5.82 Å². The van der Waals surface area contributed by atoms with Gasteiger partial charge in [-0.05, 0) is 61.5 Å². The van der Waals surface area contributed by atoms with Crippen LogP contribution >= 0.6 is 0 Å². The molecule has 3 aliphatic carbocycles. The van der Waals surface area contributed by atoms with E-state index >= 15 is 0 Å². The lowest BCUT2D eigenvalue weighted by Crippen LogP contribution is -2.55. The summed E-state index contributed by atoms with van der Waals surface area (Å²) in [6, 6.07) is 4.04. The number of carbonyl (C=O) groups is 1. The third kappa shape index (κ3) is 3.54. The molecule has 1 aliphatic heterocycles. The lowest BCUT2D eigenvalue weighted by atomic mass is 9.68. The number of nitrogens with one attached hydrogen (secondary N) is 1. The van der Waals surface area contributed by atoms with Gasteiger partial charge in [-0.15, -0.1) is 0 Å². The first kappa shape index (κ1) is 18.4. The number of carbonyl (C=O) groups excluding carboxylic acids is 1. The lowest BCUT2D eigenvalue weighted by Gasteiger charge is -2.48. The predicted octanol–water partition coefficient (Wildman–Crippen LogP) is 4.39. The number of nitrogens with zero attached hydrogens (tertiary/aromatic N) is 2. The number of pyridine rings is 1. The lowest BCUT2D eigenvalue weighted by molar-refractivity contribution is -0.118. The number of morpholine rings is 1. The van der Waals surface area contributed by atoms with Gasteiger partial charge < -0.3 is 15.0 Å². The molecule has 0 radical (unpaired) electrons. The summed E-state index contributed by atoms with van der Waals surface area (Å²) in [5, 5.41) is 3.10. The number of ether oxygens (including phenoxy) is 1. The van der Waals surface area contributed by atoms with Crippen LogP contribution in [0.25, 0.3) is 0 Å². The zero-order valence-electron chi connectivity index (χ0n) is 17.1. The highest BCUT2D eigenvalue weighted by Crippen LogP contribution is 2.58. The first-order chi connectivity index (χ1) is 13.6. The molecule has 28 heavy (non-hydrogen) atoms. The number of rotatable bonds is 6. The van der Waals surface area contributed by atoms with Crippen molar-refractivity contribution >= 4 is 17.4 Å². The molecule has 1 aromatic heterocycles. The molecule has 4 aliphatic rings. The first-order valence-corrected chi connectivity index (χ1v) is 11.2. The van der Waals surface area contributed by atoms with E-state index in [0.717, 1.165) is 37.1 Å². The van der Waals surface area contributed by atoms with Gasteiger partial charge in [-0.3, -0.25) is 4.79 Å². The fourth-order valence-electron chi connectivity index (χ4n) is 5.37. The highest BCUT2D eigenvalue weighted by Gasteiger charge is 2.49. The predicted molar refractivity (Wildman–Crippen MR) is 110 cm³/mol. The number of anilines is 2. The van der Waals surface area contributed by atoms with Gasteiger partial charge in [0.15, 0.2) is 0 Å². The van der Waals surface area contributed by atoms with E-state index in [1.165, 1.54) is 51.4 Å². The number of aromatic nitrogens is 1. The van der Waals surface area contributed by atoms with Gasteiger partial charge in [0.2, 0.25) is 5.91 Å². The van der Waals surface area contributed by atoms with Crippen molar-refractivity contribution in [3.05, 3.63) is 18.3 Å². The van der Waals surface area contributed by atoms with Crippen molar-refractivity contribution in [2.75, 3.05) is 29.9 Å². The van der Waals surface area contributed by atoms with E-state index in [4.69, 9.17) is 4.74 Å². The van der Waals surface area contributed by atoms with Gasteiger partial charge in [-0.25, -0.2) is 4.98 Å². The Morgan fingerprint density at radius 2 is 2.11 bits per heavy atom.